The van der Waals surface area contributed by atoms with Crippen LogP contribution < -0.4 is 10.6 Å². The van der Waals surface area contributed by atoms with E-state index in [1.165, 1.54) is 0 Å². The van der Waals surface area contributed by atoms with Gasteiger partial charge in [-0.2, -0.15) is 0 Å². The van der Waals surface area contributed by atoms with Gasteiger partial charge in [-0.1, -0.05) is 53.0 Å². The van der Waals surface area contributed by atoms with Crippen molar-refractivity contribution in [3.05, 3.63) is 92.4 Å². The Morgan fingerprint density at radius 1 is 0.935 bits per heavy atom. The molecule has 1 unspecified atom stereocenters. The Balaban J connectivity index is 1.68. The van der Waals surface area contributed by atoms with Crippen molar-refractivity contribution in [1.82, 2.24) is 4.90 Å². The molecular weight excluding hydrogens is 453 g/mol. The zero-order valence-electron chi connectivity index (χ0n) is 17.0. The molecule has 0 aromatic heterocycles. The molecule has 160 valence electrons. The number of rotatable bonds is 3. The lowest BCUT2D eigenvalue weighted by atomic mass is 10.00. The van der Waals surface area contributed by atoms with Crippen LogP contribution in [0.25, 0.3) is 0 Å². The molecule has 0 spiro atoms. The van der Waals surface area contributed by atoms with Gasteiger partial charge in [-0.25, -0.2) is 0 Å². The van der Waals surface area contributed by atoms with Gasteiger partial charge in [0.2, 0.25) is 0 Å². The van der Waals surface area contributed by atoms with Gasteiger partial charge in [-0.3, -0.25) is 4.79 Å². The van der Waals surface area contributed by atoms with Crippen molar-refractivity contribution in [1.29, 1.82) is 0 Å². The molecule has 3 aromatic carbocycles. The highest BCUT2D eigenvalue weighted by Crippen LogP contribution is 2.37. The molecule has 0 radical (unpaired) electrons. The fourth-order valence-electron chi connectivity index (χ4n) is 3.99. The number of nitrogens with zero attached hydrogens (tertiary/aromatic N) is 2. The highest BCUT2D eigenvalue weighted by atomic mass is 35.5. The molecule has 1 saturated heterocycles. The van der Waals surface area contributed by atoms with Gasteiger partial charge in [0.15, 0.2) is 0 Å². The predicted octanol–water partition coefficient (Wildman–Crippen LogP) is 6.24. The van der Waals surface area contributed by atoms with Gasteiger partial charge in [-0.15, -0.1) is 0 Å². The first kappa shape index (κ1) is 21.8. The molecule has 1 atom stereocenters. The van der Waals surface area contributed by atoms with Gasteiger partial charge in [0.1, 0.15) is 0 Å². The third-order valence-corrected chi connectivity index (χ3v) is 6.37. The summed E-state index contributed by atoms with van der Waals surface area (Å²) >= 11 is 18.7. The first-order valence-corrected chi connectivity index (χ1v) is 11.1. The van der Waals surface area contributed by atoms with Crippen LogP contribution in [-0.4, -0.2) is 30.4 Å². The molecule has 4 rings (SSSR count). The van der Waals surface area contributed by atoms with Crippen LogP contribution in [0.3, 0.4) is 0 Å². The zero-order chi connectivity index (χ0) is 22.1. The lowest BCUT2D eigenvalue weighted by Crippen LogP contribution is -2.50. The standard InChI is InChI=1S/C24H22Cl3N3O/c1-15-2-8-19(21(28)12-15)24(31)29-10-11-30(22-9-7-18(26)13-20(22)27)23(14-29)16-3-5-17(25)6-4-16/h2-9,12-13,23H,10-11,14,28H2,1H3. The Bertz CT molecular complexity index is 1120. The third kappa shape index (κ3) is 4.62. The van der Waals surface area contributed by atoms with E-state index in [-0.39, 0.29) is 11.9 Å². The summed E-state index contributed by atoms with van der Waals surface area (Å²) in [6.07, 6.45) is 0. The van der Waals surface area contributed by atoms with Crippen LogP contribution in [0.15, 0.2) is 60.7 Å². The molecule has 3 aromatic rings. The van der Waals surface area contributed by atoms with Gasteiger partial charge in [-0.05, 0) is 60.5 Å². The number of hydrogen-bond donors (Lipinski definition) is 1. The number of halogens is 3. The summed E-state index contributed by atoms with van der Waals surface area (Å²) in [6, 6.07) is 18.6. The summed E-state index contributed by atoms with van der Waals surface area (Å²) < 4.78 is 0. The Labute approximate surface area is 197 Å². The van der Waals surface area contributed by atoms with Gasteiger partial charge >= 0.3 is 0 Å². The Hall–Kier alpha value is -2.40. The van der Waals surface area contributed by atoms with Crippen molar-refractivity contribution >= 4 is 52.1 Å². The highest BCUT2D eigenvalue weighted by Gasteiger charge is 2.32. The highest BCUT2D eigenvalue weighted by molar-refractivity contribution is 6.36. The van der Waals surface area contributed by atoms with E-state index in [2.05, 4.69) is 4.90 Å². The summed E-state index contributed by atoms with van der Waals surface area (Å²) in [5.41, 5.74) is 10.1. The Morgan fingerprint density at radius 3 is 2.32 bits per heavy atom. The van der Waals surface area contributed by atoms with Crippen LogP contribution in [0.1, 0.15) is 27.5 Å². The van der Waals surface area contributed by atoms with E-state index in [1.807, 2.05) is 60.4 Å². The minimum Gasteiger partial charge on any atom is -0.398 e. The maximum Gasteiger partial charge on any atom is 0.256 e. The largest absolute Gasteiger partial charge is 0.398 e. The third-order valence-electron chi connectivity index (χ3n) is 5.58. The molecule has 7 heteroatoms. The normalized spacial score (nSPS) is 16.5. The number of aryl methyl sites for hydroxylation is 1. The maximum absolute atomic E-state index is 13.3. The molecule has 31 heavy (non-hydrogen) atoms. The average Bonchev–Trinajstić information content (AvgIpc) is 2.74. The molecule has 0 saturated carbocycles. The van der Waals surface area contributed by atoms with Gasteiger partial charge in [0, 0.05) is 35.4 Å². The van der Waals surface area contributed by atoms with Crippen LogP contribution >= 0.6 is 34.8 Å². The summed E-state index contributed by atoms with van der Waals surface area (Å²) in [7, 11) is 0. The molecule has 0 bridgehead atoms. The zero-order valence-corrected chi connectivity index (χ0v) is 19.3. The number of piperazine rings is 1. The minimum absolute atomic E-state index is 0.0710. The number of nitrogen functional groups attached to an aromatic ring is 1. The number of amides is 1. The molecule has 2 N–H and O–H groups in total. The predicted molar refractivity (Wildman–Crippen MR) is 129 cm³/mol. The average molecular weight is 475 g/mol. The number of anilines is 2. The van der Waals surface area contributed by atoms with Crippen LogP contribution in [0.4, 0.5) is 11.4 Å². The summed E-state index contributed by atoms with van der Waals surface area (Å²) in [6.45, 7) is 3.61. The SMILES string of the molecule is Cc1ccc(C(=O)N2CCN(c3ccc(Cl)cc3Cl)C(c3ccc(Cl)cc3)C2)c(N)c1. The maximum atomic E-state index is 13.3. The Kier molecular flexibility index (Phi) is 6.33. The number of carbonyl (C=O) groups is 1. The van der Waals surface area contributed by atoms with Crippen molar-refractivity contribution in [2.45, 2.75) is 13.0 Å². The second-order valence-electron chi connectivity index (χ2n) is 7.70. The molecular formula is C24H22Cl3N3O. The Morgan fingerprint density at radius 2 is 1.65 bits per heavy atom. The van der Waals surface area contributed by atoms with Crippen molar-refractivity contribution < 1.29 is 4.79 Å². The van der Waals surface area contributed by atoms with Crippen molar-refractivity contribution in [2.75, 3.05) is 30.3 Å². The molecule has 4 nitrogen and oxygen atoms in total. The van der Waals surface area contributed by atoms with Gasteiger partial charge in [0.05, 0.1) is 22.3 Å². The summed E-state index contributed by atoms with van der Waals surface area (Å²) in [4.78, 5) is 17.3. The second kappa shape index (κ2) is 8.99. The minimum atomic E-state index is -0.0969. The van der Waals surface area contributed by atoms with Crippen LogP contribution in [0, 0.1) is 6.92 Å². The van der Waals surface area contributed by atoms with E-state index in [9.17, 15) is 4.79 Å². The van der Waals surface area contributed by atoms with E-state index in [0.29, 0.717) is 46.0 Å². The number of benzene rings is 3. The van der Waals surface area contributed by atoms with Crippen molar-refractivity contribution in [3.63, 3.8) is 0 Å². The monoisotopic (exact) mass is 473 g/mol. The first-order valence-electron chi connectivity index (χ1n) is 9.96. The fourth-order valence-corrected chi connectivity index (χ4v) is 4.63. The van der Waals surface area contributed by atoms with Gasteiger partial charge < -0.3 is 15.5 Å². The van der Waals surface area contributed by atoms with Gasteiger partial charge in [0.25, 0.3) is 5.91 Å². The molecule has 1 aliphatic rings. The summed E-state index contributed by atoms with van der Waals surface area (Å²) in [5, 5.41) is 1.82. The van der Waals surface area contributed by atoms with E-state index >= 15 is 0 Å². The van der Waals surface area contributed by atoms with Crippen LogP contribution in [0.5, 0.6) is 0 Å². The fraction of sp³-hybridized carbons (Fsp3) is 0.208. The van der Waals surface area contributed by atoms with Crippen molar-refractivity contribution in [2.24, 2.45) is 0 Å². The summed E-state index contributed by atoms with van der Waals surface area (Å²) in [5.74, 6) is -0.0710. The molecule has 1 heterocycles. The number of carbonyl (C=O) groups excluding carboxylic acids is 1. The lowest BCUT2D eigenvalue weighted by molar-refractivity contribution is 0.0723. The van der Waals surface area contributed by atoms with Crippen molar-refractivity contribution in [3.8, 4) is 0 Å². The number of nitrogens with two attached hydrogens (primary N) is 1. The van der Waals surface area contributed by atoms with E-state index < -0.39 is 0 Å². The molecule has 1 fully saturated rings. The molecule has 0 aliphatic carbocycles. The first-order chi connectivity index (χ1) is 14.8. The quantitative estimate of drug-likeness (QED) is 0.457. The smallest absolute Gasteiger partial charge is 0.256 e. The topological polar surface area (TPSA) is 49.6 Å². The number of hydrogen-bond acceptors (Lipinski definition) is 3. The van der Waals surface area contributed by atoms with E-state index in [4.69, 9.17) is 40.5 Å². The van der Waals surface area contributed by atoms with Crippen LogP contribution in [0.2, 0.25) is 15.1 Å². The molecule has 1 aliphatic heterocycles. The molecule has 1 amide bonds. The second-order valence-corrected chi connectivity index (χ2v) is 8.98. The van der Waals surface area contributed by atoms with Crippen LogP contribution in [-0.2, 0) is 0 Å². The van der Waals surface area contributed by atoms with E-state index in [0.717, 1.165) is 16.8 Å². The lowest BCUT2D eigenvalue weighted by Gasteiger charge is -2.43. The van der Waals surface area contributed by atoms with E-state index in [1.54, 1.807) is 12.1 Å².